The van der Waals surface area contributed by atoms with Gasteiger partial charge in [-0.1, -0.05) is 0 Å². The van der Waals surface area contributed by atoms with E-state index in [-0.39, 0.29) is 24.1 Å². The number of piperidine rings is 2. The van der Waals surface area contributed by atoms with Crippen molar-refractivity contribution in [3.05, 3.63) is 0 Å². The fourth-order valence-corrected chi connectivity index (χ4v) is 3.66. The Kier molecular flexibility index (Phi) is 9.95. The van der Waals surface area contributed by atoms with Gasteiger partial charge in [0.15, 0.2) is 0 Å². The highest BCUT2D eigenvalue weighted by Gasteiger charge is 2.29. The Labute approximate surface area is 191 Å². The quantitative estimate of drug-likeness (QED) is 0.556. The van der Waals surface area contributed by atoms with Crippen LogP contribution in [0, 0.1) is 0 Å². The van der Waals surface area contributed by atoms with Crippen LogP contribution in [0.5, 0.6) is 0 Å². The van der Waals surface area contributed by atoms with Gasteiger partial charge in [-0.15, -0.1) is 0 Å². The number of hydrogen-bond donors (Lipinski definition) is 0. The Bertz CT molecular complexity index is 750. The molecule has 0 aromatic carbocycles. The number of likely N-dealkylation sites (tertiary alicyclic amines) is 2. The average Bonchev–Trinajstić information content (AvgIpc) is 2.59. The molecule has 0 aliphatic carbocycles. The van der Waals surface area contributed by atoms with E-state index in [9.17, 15) is 22.8 Å². The van der Waals surface area contributed by atoms with Crippen molar-refractivity contribution >= 4 is 28.1 Å². The maximum absolute atomic E-state index is 11.8. The summed E-state index contributed by atoms with van der Waals surface area (Å²) in [5.74, 6) is 0.227. The summed E-state index contributed by atoms with van der Waals surface area (Å²) in [6.45, 7) is 12.8. The lowest BCUT2D eigenvalue weighted by molar-refractivity contribution is -0.121. The van der Waals surface area contributed by atoms with Gasteiger partial charge in [0, 0.05) is 39.0 Å². The van der Waals surface area contributed by atoms with Gasteiger partial charge in [-0.2, -0.15) is 8.42 Å². The number of ketones is 1. The maximum Gasteiger partial charge on any atom is 0.410 e. The van der Waals surface area contributed by atoms with Crippen molar-refractivity contribution in [2.45, 2.75) is 84.5 Å². The van der Waals surface area contributed by atoms with Gasteiger partial charge in [0.1, 0.15) is 17.0 Å². The monoisotopic (exact) mass is 478 g/mol. The lowest BCUT2D eigenvalue weighted by Gasteiger charge is -2.32. The summed E-state index contributed by atoms with van der Waals surface area (Å²) in [5.41, 5.74) is -0.976. The third-order valence-corrected chi connectivity index (χ3v) is 5.00. The van der Waals surface area contributed by atoms with Crippen LogP contribution >= 0.6 is 0 Å². The van der Waals surface area contributed by atoms with Gasteiger partial charge in [-0.05, 0) is 54.4 Å². The maximum atomic E-state index is 11.8. The van der Waals surface area contributed by atoms with Crippen LogP contribution in [0.15, 0.2) is 0 Å². The second-order valence-corrected chi connectivity index (χ2v) is 11.6. The van der Waals surface area contributed by atoms with Crippen molar-refractivity contribution in [3.8, 4) is 0 Å². The van der Waals surface area contributed by atoms with Crippen LogP contribution in [0.25, 0.3) is 0 Å². The molecule has 0 aromatic rings. The minimum Gasteiger partial charge on any atom is -0.444 e. The number of ether oxygens (including phenoxy) is 2. The lowest BCUT2D eigenvalue weighted by atomic mass is 10.1. The first-order valence-electron chi connectivity index (χ1n) is 10.8. The fraction of sp³-hybridized carbons (Fsp3) is 0.857. The molecule has 0 atom stereocenters. The molecule has 32 heavy (non-hydrogen) atoms. The van der Waals surface area contributed by atoms with E-state index in [0.29, 0.717) is 51.9 Å². The standard InChI is InChI=1S/C11H21NO5S.C10H17NO3/c1-11(2,3)16-10(13)12-7-5-9(6-8-12)17-18(4,14)15;1-10(2,3)14-9(13)11-6-4-8(12)5-7-11/h9H,5-8H2,1-4H3;4-7H2,1-3H3. The third kappa shape index (κ3) is 12.2. The molecule has 2 aliphatic rings. The fourth-order valence-electron chi connectivity index (χ4n) is 2.97. The van der Waals surface area contributed by atoms with Crippen molar-refractivity contribution in [3.63, 3.8) is 0 Å². The molecule has 2 fully saturated rings. The first-order valence-corrected chi connectivity index (χ1v) is 12.6. The van der Waals surface area contributed by atoms with Crippen LogP contribution in [0.2, 0.25) is 0 Å². The molecule has 0 bridgehead atoms. The predicted octanol–water partition coefficient (Wildman–Crippen LogP) is 2.95. The van der Waals surface area contributed by atoms with Crippen LogP contribution in [0.3, 0.4) is 0 Å². The smallest absolute Gasteiger partial charge is 0.410 e. The molecule has 186 valence electrons. The summed E-state index contributed by atoms with van der Waals surface area (Å²) in [6, 6.07) is 0. The Morgan fingerprint density at radius 3 is 1.53 bits per heavy atom. The minimum atomic E-state index is -3.42. The first kappa shape index (κ1) is 28.2. The van der Waals surface area contributed by atoms with Gasteiger partial charge in [0.25, 0.3) is 10.1 Å². The predicted molar refractivity (Wildman–Crippen MR) is 119 cm³/mol. The van der Waals surface area contributed by atoms with Gasteiger partial charge in [0.2, 0.25) is 0 Å². The lowest BCUT2D eigenvalue weighted by Crippen LogP contribution is -2.43. The van der Waals surface area contributed by atoms with Crippen LogP contribution in [-0.2, 0) is 28.6 Å². The minimum absolute atomic E-state index is 0.227. The molecule has 0 unspecified atom stereocenters. The topological polar surface area (TPSA) is 120 Å². The molecule has 2 aliphatic heterocycles. The zero-order valence-electron chi connectivity index (χ0n) is 20.3. The Hall–Kier alpha value is -1.88. The highest BCUT2D eigenvalue weighted by molar-refractivity contribution is 7.86. The van der Waals surface area contributed by atoms with E-state index >= 15 is 0 Å². The molecule has 2 rings (SSSR count). The summed E-state index contributed by atoms with van der Waals surface area (Å²) in [6.07, 6.45) is 1.95. The Morgan fingerprint density at radius 1 is 0.812 bits per heavy atom. The number of rotatable bonds is 2. The number of amides is 2. The molecular weight excluding hydrogens is 440 g/mol. The summed E-state index contributed by atoms with van der Waals surface area (Å²) in [4.78, 5) is 37.4. The normalized spacial score (nSPS) is 18.5. The van der Waals surface area contributed by atoms with Crippen LogP contribution in [0.1, 0.15) is 67.2 Å². The number of carbonyl (C=O) groups excluding carboxylic acids is 3. The second kappa shape index (κ2) is 11.3. The van der Waals surface area contributed by atoms with Crippen LogP contribution < -0.4 is 0 Å². The van der Waals surface area contributed by atoms with Crippen molar-refractivity contribution in [2.24, 2.45) is 0 Å². The van der Waals surface area contributed by atoms with E-state index in [0.717, 1.165) is 6.26 Å². The van der Waals surface area contributed by atoms with Crippen molar-refractivity contribution in [2.75, 3.05) is 32.4 Å². The van der Waals surface area contributed by atoms with Crippen molar-refractivity contribution in [1.29, 1.82) is 0 Å². The Morgan fingerprint density at radius 2 is 1.19 bits per heavy atom. The molecule has 2 saturated heterocycles. The van der Waals surface area contributed by atoms with Crippen LogP contribution in [-0.4, -0.2) is 85.9 Å². The third-order valence-electron chi connectivity index (χ3n) is 4.38. The van der Waals surface area contributed by atoms with E-state index in [1.807, 2.05) is 41.5 Å². The molecule has 11 heteroatoms. The van der Waals surface area contributed by atoms with Gasteiger partial charge in [0.05, 0.1) is 12.4 Å². The van der Waals surface area contributed by atoms with Gasteiger partial charge in [-0.25, -0.2) is 9.59 Å². The molecule has 0 saturated carbocycles. The van der Waals surface area contributed by atoms with E-state index < -0.39 is 21.3 Å². The zero-order valence-corrected chi connectivity index (χ0v) is 21.1. The van der Waals surface area contributed by atoms with E-state index in [2.05, 4.69) is 0 Å². The molecule has 2 heterocycles. The summed E-state index contributed by atoms with van der Waals surface area (Å²) < 4.78 is 37.3. The summed E-state index contributed by atoms with van der Waals surface area (Å²) in [5, 5.41) is 0. The average molecular weight is 479 g/mol. The zero-order chi connectivity index (χ0) is 24.7. The molecule has 0 aromatic heterocycles. The molecular formula is C21H38N2O8S. The summed E-state index contributed by atoms with van der Waals surface area (Å²) in [7, 11) is -3.42. The largest absolute Gasteiger partial charge is 0.444 e. The number of carbonyl (C=O) groups is 3. The molecule has 0 radical (unpaired) electrons. The second-order valence-electron chi connectivity index (χ2n) is 9.97. The first-order chi connectivity index (χ1) is 14.5. The Balaban J connectivity index is 0.000000330. The van der Waals surface area contributed by atoms with Gasteiger partial charge < -0.3 is 19.3 Å². The van der Waals surface area contributed by atoms with E-state index in [1.54, 1.807) is 9.80 Å². The summed E-state index contributed by atoms with van der Waals surface area (Å²) >= 11 is 0. The number of hydrogen-bond acceptors (Lipinski definition) is 8. The van der Waals surface area contributed by atoms with Crippen molar-refractivity contribution < 1.29 is 36.5 Å². The number of nitrogens with zero attached hydrogens (tertiary/aromatic N) is 2. The van der Waals surface area contributed by atoms with E-state index in [1.165, 1.54) is 0 Å². The van der Waals surface area contributed by atoms with Gasteiger partial charge in [-0.3, -0.25) is 8.98 Å². The molecule has 10 nitrogen and oxygen atoms in total. The molecule has 0 N–H and O–H groups in total. The van der Waals surface area contributed by atoms with Crippen molar-refractivity contribution in [1.82, 2.24) is 9.80 Å². The molecule has 0 spiro atoms. The molecule has 2 amide bonds. The van der Waals surface area contributed by atoms with E-state index in [4.69, 9.17) is 13.7 Å². The highest BCUT2D eigenvalue weighted by atomic mass is 32.2. The van der Waals surface area contributed by atoms with Gasteiger partial charge >= 0.3 is 12.2 Å². The SMILES string of the molecule is CC(C)(C)OC(=O)N1CCC(=O)CC1.CC(C)(C)OC(=O)N1CCC(OS(C)(=O)=O)CC1. The number of Topliss-reactive ketones (excluding diaryl/α,β-unsaturated/α-hetero) is 1. The van der Waals surface area contributed by atoms with Crippen LogP contribution in [0.4, 0.5) is 9.59 Å². The highest BCUT2D eigenvalue weighted by Crippen LogP contribution is 2.18.